The zero-order chi connectivity index (χ0) is 14.5. The van der Waals surface area contributed by atoms with Gasteiger partial charge in [0.2, 0.25) is 0 Å². The summed E-state index contributed by atoms with van der Waals surface area (Å²) in [6.07, 6.45) is 0. The summed E-state index contributed by atoms with van der Waals surface area (Å²) < 4.78 is 0. The van der Waals surface area contributed by atoms with Crippen LogP contribution in [0.1, 0.15) is 43.4 Å². The van der Waals surface area contributed by atoms with Crippen molar-refractivity contribution in [1.82, 2.24) is 0 Å². The molecule has 2 unspecified atom stereocenters. The Balaban J connectivity index is 2.16. The molecule has 0 saturated heterocycles. The molecule has 0 aromatic heterocycles. The third-order valence-corrected chi connectivity index (χ3v) is 5.04. The minimum atomic E-state index is 0.136. The molecule has 2 aromatic carbocycles. The van der Waals surface area contributed by atoms with E-state index in [4.69, 9.17) is 11.5 Å². The first-order valence-corrected chi connectivity index (χ1v) is 7.16. The van der Waals surface area contributed by atoms with Crippen LogP contribution < -0.4 is 11.5 Å². The Morgan fingerprint density at radius 2 is 1.50 bits per heavy atom. The third kappa shape index (κ3) is 1.79. The Hall–Kier alpha value is -1.96. The number of hydrogen-bond donors (Lipinski definition) is 2. The summed E-state index contributed by atoms with van der Waals surface area (Å²) in [6, 6.07) is 14.6. The van der Waals surface area contributed by atoms with Gasteiger partial charge in [-0.25, -0.2) is 0 Å². The molecule has 1 aliphatic carbocycles. The van der Waals surface area contributed by atoms with Crippen molar-refractivity contribution < 1.29 is 0 Å². The highest BCUT2D eigenvalue weighted by atomic mass is 14.6. The number of fused-ring (bicyclic) bond motifs is 1. The molecular weight excluding hydrogens is 244 g/mol. The maximum Gasteiger partial charge on any atom is 0.0317 e. The van der Waals surface area contributed by atoms with Crippen molar-refractivity contribution in [3.8, 4) is 0 Å². The lowest BCUT2D eigenvalue weighted by atomic mass is 9.75. The summed E-state index contributed by atoms with van der Waals surface area (Å²) in [6.45, 7) is 6.96. The summed E-state index contributed by atoms with van der Waals surface area (Å²) in [4.78, 5) is 0. The summed E-state index contributed by atoms with van der Waals surface area (Å²) in [7, 11) is 0. The SMILES string of the molecule is CC1C(c2ccc(N)cc2)c2ccc(N)cc2C1(C)C. The van der Waals surface area contributed by atoms with E-state index in [9.17, 15) is 0 Å². The molecule has 2 heteroatoms. The van der Waals surface area contributed by atoms with Gasteiger partial charge >= 0.3 is 0 Å². The van der Waals surface area contributed by atoms with Crippen molar-refractivity contribution in [3.05, 3.63) is 59.2 Å². The first-order valence-electron chi connectivity index (χ1n) is 7.16. The lowest BCUT2D eigenvalue weighted by Crippen LogP contribution is -2.23. The number of nitrogen functional groups attached to an aromatic ring is 2. The van der Waals surface area contributed by atoms with Gasteiger partial charge in [-0.1, -0.05) is 39.0 Å². The fourth-order valence-electron chi connectivity index (χ4n) is 3.51. The van der Waals surface area contributed by atoms with Crippen molar-refractivity contribution >= 4 is 11.4 Å². The smallest absolute Gasteiger partial charge is 0.0317 e. The Kier molecular flexibility index (Phi) is 2.79. The largest absolute Gasteiger partial charge is 0.399 e. The van der Waals surface area contributed by atoms with Crippen LogP contribution in [0.4, 0.5) is 11.4 Å². The molecule has 0 spiro atoms. The molecular formula is C18H22N2. The van der Waals surface area contributed by atoms with E-state index < -0.39 is 0 Å². The van der Waals surface area contributed by atoms with E-state index in [0.717, 1.165) is 11.4 Å². The van der Waals surface area contributed by atoms with Crippen molar-refractivity contribution in [2.75, 3.05) is 11.5 Å². The fourth-order valence-corrected chi connectivity index (χ4v) is 3.51. The number of benzene rings is 2. The van der Waals surface area contributed by atoms with Gasteiger partial charge in [0.15, 0.2) is 0 Å². The van der Waals surface area contributed by atoms with Gasteiger partial charge < -0.3 is 11.5 Å². The van der Waals surface area contributed by atoms with Gasteiger partial charge in [0.05, 0.1) is 0 Å². The topological polar surface area (TPSA) is 52.0 Å². The molecule has 20 heavy (non-hydrogen) atoms. The van der Waals surface area contributed by atoms with Crippen LogP contribution in [0, 0.1) is 5.92 Å². The Bertz CT molecular complexity index is 641. The standard InChI is InChI=1S/C18H22N2/c1-11-17(12-4-6-13(19)7-5-12)15-9-8-14(20)10-16(15)18(11,2)3/h4-11,17H,19-20H2,1-3H3. The summed E-state index contributed by atoms with van der Waals surface area (Å²) in [5, 5.41) is 0. The Morgan fingerprint density at radius 1 is 0.900 bits per heavy atom. The van der Waals surface area contributed by atoms with E-state index in [-0.39, 0.29) is 5.41 Å². The zero-order valence-corrected chi connectivity index (χ0v) is 12.4. The predicted octanol–water partition coefficient (Wildman–Crippen LogP) is 3.91. The molecule has 2 nitrogen and oxygen atoms in total. The van der Waals surface area contributed by atoms with Crippen LogP contribution in [0.3, 0.4) is 0 Å². The highest BCUT2D eigenvalue weighted by molar-refractivity contribution is 5.55. The van der Waals surface area contributed by atoms with Crippen LogP contribution in [0.5, 0.6) is 0 Å². The molecule has 2 aromatic rings. The number of rotatable bonds is 1. The molecule has 1 aliphatic rings. The molecule has 0 bridgehead atoms. The second-order valence-electron chi connectivity index (χ2n) is 6.50. The first-order chi connectivity index (χ1) is 9.41. The van der Waals surface area contributed by atoms with Gasteiger partial charge in [-0.05, 0) is 52.3 Å². The van der Waals surface area contributed by atoms with Crippen LogP contribution in [0.25, 0.3) is 0 Å². The highest BCUT2D eigenvalue weighted by Crippen LogP contribution is 2.53. The molecule has 0 saturated carbocycles. The van der Waals surface area contributed by atoms with Crippen LogP contribution in [0.2, 0.25) is 0 Å². The molecule has 0 heterocycles. The molecule has 0 amide bonds. The molecule has 2 atom stereocenters. The fraction of sp³-hybridized carbons (Fsp3) is 0.333. The molecule has 4 N–H and O–H groups in total. The lowest BCUT2D eigenvalue weighted by Gasteiger charge is -2.28. The first kappa shape index (κ1) is 13.0. The zero-order valence-electron chi connectivity index (χ0n) is 12.4. The average Bonchev–Trinajstić information content (AvgIpc) is 2.60. The van der Waals surface area contributed by atoms with Crippen molar-refractivity contribution in [2.24, 2.45) is 5.92 Å². The number of anilines is 2. The Morgan fingerprint density at radius 3 is 2.15 bits per heavy atom. The minimum Gasteiger partial charge on any atom is -0.399 e. The maximum absolute atomic E-state index is 5.98. The molecule has 104 valence electrons. The van der Waals surface area contributed by atoms with Crippen molar-refractivity contribution in [3.63, 3.8) is 0 Å². The lowest BCUT2D eigenvalue weighted by molar-refractivity contribution is 0.352. The Labute approximate surface area is 120 Å². The van der Waals surface area contributed by atoms with Crippen LogP contribution in [0.15, 0.2) is 42.5 Å². The van der Waals surface area contributed by atoms with Gasteiger partial charge in [0.25, 0.3) is 0 Å². The van der Waals surface area contributed by atoms with Crippen LogP contribution >= 0.6 is 0 Å². The molecule has 0 fully saturated rings. The average molecular weight is 266 g/mol. The van der Waals surface area contributed by atoms with Crippen molar-refractivity contribution in [2.45, 2.75) is 32.1 Å². The minimum absolute atomic E-state index is 0.136. The number of hydrogen-bond acceptors (Lipinski definition) is 2. The number of nitrogens with two attached hydrogens (primary N) is 2. The van der Waals surface area contributed by atoms with E-state index in [2.05, 4.69) is 45.0 Å². The molecule has 3 rings (SSSR count). The normalized spacial score (nSPS) is 23.6. The second-order valence-corrected chi connectivity index (χ2v) is 6.50. The molecule has 0 radical (unpaired) electrons. The molecule has 0 aliphatic heterocycles. The quantitative estimate of drug-likeness (QED) is 0.769. The van der Waals surface area contributed by atoms with E-state index in [1.807, 2.05) is 18.2 Å². The van der Waals surface area contributed by atoms with Gasteiger partial charge in [0.1, 0.15) is 0 Å². The van der Waals surface area contributed by atoms with Gasteiger partial charge in [0, 0.05) is 17.3 Å². The van der Waals surface area contributed by atoms with Gasteiger partial charge in [-0.2, -0.15) is 0 Å². The van der Waals surface area contributed by atoms with E-state index in [1.54, 1.807) is 0 Å². The second kappa shape index (κ2) is 4.27. The van der Waals surface area contributed by atoms with Crippen LogP contribution in [-0.4, -0.2) is 0 Å². The van der Waals surface area contributed by atoms with Gasteiger partial charge in [-0.15, -0.1) is 0 Å². The van der Waals surface area contributed by atoms with Crippen LogP contribution in [-0.2, 0) is 5.41 Å². The predicted molar refractivity (Wildman–Crippen MR) is 85.7 cm³/mol. The van der Waals surface area contributed by atoms with Crippen molar-refractivity contribution in [1.29, 1.82) is 0 Å². The van der Waals surface area contributed by atoms with Gasteiger partial charge in [-0.3, -0.25) is 0 Å². The summed E-state index contributed by atoms with van der Waals surface area (Å²) >= 11 is 0. The van der Waals surface area contributed by atoms with E-state index >= 15 is 0 Å². The summed E-state index contributed by atoms with van der Waals surface area (Å²) in [5.74, 6) is 0.948. The van der Waals surface area contributed by atoms with E-state index in [0.29, 0.717) is 11.8 Å². The maximum atomic E-state index is 5.98. The summed E-state index contributed by atoms with van der Waals surface area (Å²) in [5.41, 5.74) is 17.7. The monoisotopic (exact) mass is 266 g/mol. The highest BCUT2D eigenvalue weighted by Gasteiger charge is 2.44. The third-order valence-electron chi connectivity index (χ3n) is 5.04. The van der Waals surface area contributed by atoms with E-state index in [1.165, 1.54) is 16.7 Å².